The summed E-state index contributed by atoms with van der Waals surface area (Å²) in [6.07, 6.45) is 5.52. The van der Waals surface area contributed by atoms with E-state index in [2.05, 4.69) is 6.92 Å². The van der Waals surface area contributed by atoms with E-state index in [0.717, 1.165) is 0 Å². The second-order valence-electron chi connectivity index (χ2n) is 3.46. The Labute approximate surface area is 69.7 Å². The van der Waals surface area contributed by atoms with E-state index in [-0.39, 0.29) is 0 Å². The molecule has 1 aliphatic rings. The van der Waals surface area contributed by atoms with Gasteiger partial charge < -0.3 is 0 Å². The highest BCUT2D eigenvalue weighted by Gasteiger charge is 2.33. The molecule has 0 aromatic heterocycles. The lowest BCUT2D eigenvalue weighted by Gasteiger charge is -2.16. The number of unbranched alkanes of at least 4 members (excludes halogenated alkanes) is 1. The minimum absolute atomic E-state index is 1.13. The highest BCUT2D eigenvalue weighted by Crippen LogP contribution is 2.37. The first kappa shape index (κ1) is 8.60. The predicted molar refractivity (Wildman–Crippen MR) is 50.2 cm³/mol. The molecule has 1 heterocycles. The molecule has 10 heavy (non-hydrogen) atoms. The van der Waals surface area contributed by atoms with Gasteiger partial charge >= 0.3 is 0 Å². The molecule has 0 aromatic carbocycles. The summed E-state index contributed by atoms with van der Waals surface area (Å²) in [6.45, 7) is 2.25. The third-order valence-electron chi connectivity index (χ3n) is 2.48. The van der Waals surface area contributed by atoms with Crippen molar-refractivity contribution in [3.63, 3.8) is 0 Å². The average Bonchev–Trinajstić information content (AvgIpc) is 2.33. The molecule has 0 saturated carbocycles. The molecule has 1 saturated heterocycles. The average molecular weight is 177 g/mol. The van der Waals surface area contributed by atoms with Crippen LogP contribution in [0.3, 0.4) is 0 Å². The Hall–Kier alpha value is 0.507. The van der Waals surface area contributed by atoms with Crippen LogP contribution in [-0.4, -0.2) is 7.38 Å². The molecule has 0 nitrogen and oxygen atoms in total. The van der Waals surface area contributed by atoms with Crippen molar-refractivity contribution < 1.29 is 0 Å². The minimum Gasteiger partial charge on any atom is -0.167 e. The molecule has 0 atom stereocenters. The molecule has 1 rings (SSSR count). The van der Waals surface area contributed by atoms with Gasteiger partial charge in [-0.25, -0.2) is 0 Å². The van der Waals surface area contributed by atoms with Crippen LogP contribution in [-0.2, 0) is 0 Å². The van der Waals surface area contributed by atoms with Gasteiger partial charge in [-0.2, -0.15) is 11.1 Å². The van der Waals surface area contributed by atoms with Gasteiger partial charge in [0, 0.05) is 0 Å². The quantitative estimate of drug-likeness (QED) is 0.454. The van der Waals surface area contributed by atoms with Crippen LogP contribution in [0.1, 0.15) is 32.6 Å². The Morgan fingerprint density at radius 2 is 1.90 bits per heavy atom. The molecular formula is C8H17ClSi. The molecule has 1 aliphatic heterocycles. The number of hydrogen-bond acceptors (Lipinski definition) is 0. The van der Waals surface area contributed by atoms with Gasteiger partial charge in [-0.1, -0.05) is 32.6 Å². The van der Waals surface area contributed by atoms with E-state index >= 15 is 0 Å². The Morgan fingerprint density at radius 1 is 1.30 bits per heavy atom. The third kappa shape index (κ3) is 2.28. The van der Waals surface area contributed by atoms with Gasteiger partial charge in [0.25, 0.3) is 0 Å². The van der Waals surface area contributed by atoms with Gasteiger partial charge in [0.15, 0.2) is 7.38 Å². The summed E-state index contributed by atoms with van der Waals surface area (Å²) in [5, 5.41) is 0. The molecule has 0 unspecified atom stereocenters. The molecule has 0 amide bonds. The fourth-order valence-corrected chi connectivity index (χ4v) is 6.46. The summed E-state index contributed by atoms with van der Waals surface area (Å²) in [7, 11) is -1.13. The van der Waals surface area contributed by atoms with Crippen LogP contribution >= 0.6 is 11.1 Å². The molecular weight excluding hydrogens is 160 g/mol. The first-order valence-corrected chi connectivity index (χ1v) is 8.09. The third-order valence-corrected chi connectivity index (χ3v) is 7.93. The van der Waals surface area contributed by atoms with Gasteiger partial charge in [0.05, 0.1) is 0 Å². The molecule has 0 bridgehead atoms. The van der Waals surface area contributed by atoms with Crippen molar-refractivity contribution in [2.45, 2.75) is 50.7 Å². The Balaban J connectivity index is 2.22. The van der Waals surface area contributed by atoms with E-state index in [4.69, 9.17) is 11.1 Å². The summed E-state index contributed by atoms with van der Waals surface area (Å²) >= 11 is 6.49. The monoisotopic (exact) mass is 176 g/mol. The van der Waals surface area contributed by atoms with Gasteiger partial charge in [-0.05, 0) is 18.1 Å². The van der Waals surface area contributed by atoms with Crippen molar-refractivity contribution in [3.8, 4) is 0 Å². The lowest BCUT2D eigenvalue weighted by atomic mass is 10.4. The SMILES string of the molecule is CCCC[Si]1(Cl)CCCC1. The lowest BCUT2D eigenvalue weighted by Crippen LogP contribution is -2.20. The zero-order chi connectivity index (χ0) is 7.45. The summed E-state index contributed by atoms with van der Waals surface area (Å²) in [5.74, 6) is 0. The molecule has 60 valence electrons. The summed E-state index contributed by atoms with van der Waals surface area (Å²) in [4.78, 5) is 0. The molecule has 0 radical (unpaired) electrons. The van der Waals surface area contributed by atoms with Crippen LogP contribution in [0.15, 0.2) is 0 Å². The Morgan fingerprint density at radius 3 is 2.40 bits per heavy atom. The normalized spacial score (nSPS) is 23.4. The van der Waals surface area contributed by atoms with E-state index in [1.54, 1.807) is 0 Å². The summed E-state index contributed by atoms with van der Waals surface area (Å²) < 4.78 is 0. The number of hydrogen-bond donors (Lipinski definition) is 0. The lowest BCUT2D eigenvalue weighted by molar-refractivity contribution is 0.869. The number of halogens is 1. The smallest absolute Gasteiger partial charge is 0.156 e. The van der Waals surface area contributed by atoms with Crippen molar-refractivity contribution in [3.05, 3.63) is 0 Å². The predicted octanol–water partition coefficient (Wildman–Crippen LogP) is 3.76. The van der Waals surface area contributed by atoms with Crippen molar-refractivity contribution in [2.75, 3.05) is 0 Å². The second-order valence-corrected chi connectivity index (χ2v) is 9.67. The first-order valence-electron chi connectivity index (χ1n) is 4.46. The maximum Gasteiger partial charge on any atom is 0.156 e. The van der Waals surface area contributed by atoms with E-state index < -0.39 is 7.38 Å². The van der Waals surface area contributed by atoms with Gasteiger partial charge in [-0.15, -0.1) is 0 Å². The van der Waals surface area contributed by atoms with Gasteiger partial charge in [-0.3, -0.25) is 0 Å². The van der Waals surface area contributed by atoms with Crippen LogP contribution in [0.4, 0.5) is 0 Å². The van der Waals surface area contributed by atoms with Crippen LogP contribution in [0, 0.1) is 0 Å². The Bertz CT molecular complexity index is 97.4. The fraction of sp³-hybridized carbons (Fsp3) is 1.00. The van der Waals surface area contributed by atoms with Crippen molar-refractivity contribution in [2.24, 2.45) is 0 Å². The molecule has 2 heteroatoms. The summed E-state index contributed by atoms with van der Waals surface area (Å²) in [6, 6.07) is 4.17. The molecule has 0 aromatic rings. The standard InChI is InChI=1S/C8H17ClSi/c1-2-3-6-10(9)7-4-5-8-10/h2-8H2,1H3. The maximum atomic E-state index is 6.49. The Kier molecular flexibility index (Phi) is 3.24. The van der Waals surface area contributed by atoms with Crippen LogP contribution in [0.5, 0.6) is 0 Å². The van der Waals surface area contributed by atoms with E-state index in [9.17, 15) is 0 Å². The molecule has 0 N–H and O–H groups in total. The fourth-order valence-electron chi connectivity index (χ4n) is 1.75. The number of rotatable bonds is 3. The zero-order valence-corrected chi connectivity index (χ0v) is 8.58. The highest BCUT2D eigenvalue weighted by atomic mass is 35.6. The second kappa shape index (κ2) is 3.77. The maximum absolute atomic E-state index is 6.49. The van der Waals surface area contributed by atoms with Gasteiger partial charge in [0.1, 0.15) is 0 Å². The van der Waals surface area contributed by atoms with Crippen LogP contribution < -0.4 is 0 Å². The van der Waals surface area contributed by atoms with E-state index in [0.29, 0.717) is 0 Å². The van der Waals surface area contributed by atoms with Crippen molar-refractivity contribution in [1.29, 1.82) is 0 Å². The molecule has 0 spiro atoms. The zero-order valence-electron chi connectivity index (χ0n) is 6.83. The topological polar surface area (TPSA) is 0 Å². The van der Waals surface area contributed by atoms with E-state index in [1.165, 1.54) is 43.8 Å². The molecule has 1 fully saturated rings. The van der Waals surface area contributed by atoms with Crippen molar-refractivity contribution in [1.82, 2.24) is 0 Å². The van der Waals surface area contributed by atoms with E-state index in [1.807, 2.05) is 0 Å². The largest absolute Gasteiger partial charge is 0.167 e. The molecule has 0 aliphatic carbocycles. The minimum atomic E-state index is -1.13. The van der Waals surface area contributed by atoms with Crippen LogP contribution in [0.25, 0.3) is 0 Å². The van der Waals surface area contributed by atoms with Crippen molar-refractivity contribution >= 4 is 18.5 Å². The highest BCUT2D eigenvalue weighted by molar-refractivity contribution is 7.20. The summed E-state index contributed by atoms with van der Waals surface area (Å²) in [5.41, 5.74) is 0. The van der Waals surface area contributed by atoms with Gasteiger partial charge in [0.2, 0.25) is 0 Å². The van der Waals surface area contributed by atoms with Crippen LogP contribution in [0.2, 0.25) is 18.1 Å². The first-order chi connectivity index (χ1) is 4.77.